The zero-order valence-corrected chi connectivity index (χ0v) is 13.6. The van der Waals surface area contributed by atoms with Gasteiger partial charge in [-0.15, -0.1) is 11.3 Å². The van der Waals surface area contributed by atoms with E-state index in [2.05, 4.69) is 15.2 Å². The molecule has 1 aromatic rings. The molecule has 114 valence electrons. The van der Waals surface area contributed by atoms with E-state index in [0.29, 0.717) is 38.8 Å². The van der Waals surface area contributed by atoms with Gasteiger partial charge < -0.3 is 10.2 Å². The lowest BCUT2D eigenvalue weighted by Crippen LogP contribution is -2.50. The van der Waals surface area contributed by atoms with Crippen LogP contribution in [0.1, 0.15) is 13.8 Å². The topological polar surface area (TPSA) is 65.5 Å². The van der Waals surface area contributed by atoms with Crippen LogP contribution in [-0.2, 0) is 10.0 Å². The summed E-state index contributed by atoms with van der Waals surface area (Å²) in [5.41, 5.74) is 0. The zero-order valence-electron chi connectivity index (χ0n) is 11.9. The van der Waals surface area contributed by atoms with E-state index in [1.807, 2.05) is 19.2 Å². The minimum atomic E-state index is -3.14. The molecule has 20 heavy (non-hydrogen) atoms. The van der Waals surface area contributed by atoms with Gasteiger partial charge in [-0.05, 0) is 0 Å². The molecule has 6 nitrogen and oxygen atoms in total. The van der Waals surface area contributed by atoms with Gasteiger partial charge in [0.2, 0.25) is 10.0 Å². The summed E-state index contributed by atoms with van der Waals surface area (Å²) in [5.74, 6) is 0.169. The van der Waals surface area contributed by atoms with Crippen molar-refractivity contribution in [2.24, 2.45) is 0 Å². The number of anilines is 1. The Hall–Kier alpha value is -0.700. The van der Waals surface area contributed by atoms with Gasteiger partial charge in [-0.25, -0.2) is 13.4 Å². The predicted octanol–water partition coefficient (Wildman–Crippen LogP) is 0.593. The van der Waals surface area contributed by atoms with E-state index in [1.165, 1.54) is 0 Å². The van der Waals surface area contributed by atoms with Crippen molar-refractivity contribution in [3.63, 3.8) is 0 Å². The molecule has 1 aliphatic rings. The Morgan fingerprint density at radius 3 is 2.60 bits per heavy atom. The first-order chi connectivity index (χ1) is 9.49. The number of sulfonamides is 1. The highest BCUT2D eigenvalue weighted by Gasteiger charge is 2.27. The first kappa shape index (κ1) is 15.7. The third kappa shape index (κ3) is 4.15. The second-order valence-electron chi connectivity index (χ2n) is 5.13. The maximum absolute atomic E-state index is 12.2. The van der Waals surface area contributed by atoms with E-state index < -0.39 is 10.0 Å². The second kappa shape index (κ2) is 6.84. The molecule has 1 aliphatic heterocycles. The van der Waals surface area contributed by atoms with Crippen LogP contribution in [0.5, 0.6) is 0 Å². The van der Waals surface area contributed by atoms with Crippen LogP contribution in [0.2, 0.25) is 0 Å². The summed E-state index contributed by atoms with van der Waals surface area (Å²) in [6.45, 7) is 7.05. The summed E-state index contributed by atoms with van der Waals surface area (Å²) in [4.78, 5) is 6.40. The first-order valence-electron chi connectivity index (χ1n) is 6.84. The van der Waals surface area contributed by atoms with Gasteiger partial charge in [0.1, 0.15) is 0 Å². The minimum absolute atomic E-state index is 0.169. The van der Waals surface area contributed by atoms with Crippen LogP contribution in [0.3, 0.4) is 0 Å². The molecular formula is C12H22N4O2S2. The maximum Gasteiger partial charge on any atom is 0.215 e. The Morgan fingerprint density at radius 2 is 2.05 bits per heavy atom. The number of nitrogens with zero attached hydrogens (tertiary/aromatic N) is 3. The molecule has 0 amide bonds. The molecule has 1 N–H and O–H groups in total. The number of hydrogen-bond acceptors (Lipinski definition) is 6. The van der Waals surface area contributed by atoms with Gasteiger partial charge in [0.05, 0.1) is 5.75 Å². The van der Waals surface area contributed by atoms with Crippen LogP contribution in [0.25, 0.3) is 0 Å². The molecule has 0 aromatic carbocycles. The average Bonchev–Trinajstić information content (AvgIpc) is 2.92. The monoisotopic (exact) mass is 318 g/mol. The van der Waals surface area contributed by atoms with Crippen molar-refractivity contribution in [2.75, 3.05) is 43.4 Å². The van der Waals surface area contributed by atoms with Gasteiger partial charge >= 0.3 is 0 Å². The number of aromatic nitrogens is 1. The highest BCUT2D eigenvalue weighted by Crippen LogP contribution is 2.19. The molecule has 0 radical (unpaired) electrons. The summed E-state index contributed by atoms with van der Waals surface area (Å²) >= 11 is 1.59. The molecule has 0 aliphatic carbocycles. The smallest absolute Gasteiger partial charge is 0.215 e. The van der Waals surface area contributed by atoms with E-state index in [9.17, 15) is 8.42 Å². The first-order valence-corrected chi connectivity index (χ1v) is 9.33. The lowest BCUT2D eigenvalue weighted by Gasteiger charge is -2.33. The molecule has 2 heterocycles. The van der Waals surface area contributed by atoms with Crippen LogP contribution in [0.4, 0.5) is 5.13 Å². The quantitative estimate of drug-likeness (QED) is 0.832. The molecule has 0 atom stereocenters. The Morgan fingerprint density at radius 1 is 1.35 bits per heavy atom. The van der Waals surface area contributed by atoms with E-state index in [1.54, 1.807) is 21.8 Å². The second-order valence-corrected chi connectivity index (χ2v) is 8.09. The molecule has 0 spiro atoms. The van der Waals surface area contributed by atoms with Gasteiger partial charge in [0.25, 0.3) is 0 Å². The van der Waals surface area contributed by atoms with Crippen molar-refractivity contribution in [2.45, 2.75) is 19.9 Å². The fraction of sp³-hybridized carbons (Fsp3) is 0.750. The average molecular weight is 318 g/mol. The lowest BCUT2D eigenvalue weighted by molar-refractivity contribution is 0.384. The van der Waals surface area contributed by atoms with E-state index in [0.717, 1.165) is 5.13 Å². The Balaban J connectivity index is 1.83. The molecule has 1 saturated heterocycles. The molecular weight excluding hydrogens is 296 g/mol. The van der Waals surface area contributed by atoms with Crippen LogP contribution in [0, 0.1) is 0 Å². The predicted molar refractivity (Wildman–Crippen MR) is 82.8 cm³/mol. The Bertz CT molecular complexity index is 494. The summed E-state index contributed by atoms with van der Waals surface area (Å²) in [6.07, 6.45) is 1.78. The van der Waals surface area contributed by atoms with Gasteiger partial charge in [-0.3, -0.25) is 0 Å². The van der Waals surface area contributed by atoms with Crippen LogP contribution < -0.4 is 10.2 Å². The van der Waals surface area contributed by atoms with Crippen LogP contribution in [0.15, 0.2) is 11.6 Å². The molecule has 8 heteroatoms. The number of thiazole rings is 1. The molecule has 0 saturated carbocycles. The van der Waals surface area contributed by atoms with Crippen LogP contribution >= 0.6 is 11.3 Å². The summed E-state index contributed by atoms with van der Waals surface area (Å²) in [7, 11) is -3.14. The Labute approximate surface area is 124 Å². The molecule has 0 bridgehead atoms. The number of rotatable bonds is 6. The minimum Gasteiger partial charge on any atom is -0.345 e. The van der Waals surface area contributed by atoms with Crippen molar-refractivity contribution in [1.29, 1.82) is 0 Å². The largest absolute Gasteiger partial charge is 0.345 e. The highest BCUT2D eigenvalue weighted by atomic mass is 32.2. The molecule has 1 fully saturated rings. The van der Waals surface area contributed by atoms with E-state index in [-0.39, 0.29) is 5.75 Å². The van der Waals surface area contributed by atoms with Gasteiger partial charge in [-0.1, -0.05) is 13.8 Å². The Kier molecular flexibility index (Phi) is 5.36. The lowest BCUT2D eigenvalue weighted by atomic mass is 10.4. The normalized spacial score (nSPS) is 17.9. The zero-order chi connectivity index (χ0) is 14.6. The molecule has 1 aromatic heterocycles. The summed E-state index contributed by atoms with van der Waals surface area (Å²) < 4.78 is 26.0. The van der Waals surface area contributed by atoms with Gasteiger partial charge in [-0.2, -0.15) is 4.31 Å². The third-order valence-electron chi connectivity index (χ3n) is 3.23. The van der Waals surface area contributed by atoms with E-state index in [4.69, 9.17) is 0 Å². The standard InChI is InChI=1S/C12H22N4O2S2/c1-11(2)13-4-10-20(17,18)16-7-5-15(6-8-16)12-14-3-9-19-12/h3,9,11,13H,4-8,10H2,1-2H3. The van der Waals surface area contributed by atoms with E-state index >= 15 is 0 Å². The fourth-order valence-corrected chi connectivity index (χ4v) is 4.19. The van der Waals surface area contributed by atoms with Crippen molar-refractivity contribution in [1.82, 2.24) is 14.6 Å². The van der Waals surface area contributed by atoms with Crippen LogP contribution in [-0.4, -0.2) is 62.2 Å². The van der Waals surface area contributed by atoms with Crippen molar-refractivity contribution in [3.8, 4) is 0 Å². The van der Waals surface area contributed by atoms with Crippen molar-refractivity contribution >= 4 is 26.5 Å². The molecule has 0 unspecified atom stereocenters. The van der Waals surface area contributed by atoms with Gasteiger partial charge in [0.15, 0.2) is 5.13 Å². The highest BCUT2D eigenvalue weighted by molar-refractivity contribution is 7.89. The number of piperazine rings is 1. The third-order valence-corrected chi connectivity index (χ3v) is 5.94. The molecule has 2 rings (SSSR count). The fourth-order valence-electron chi connectivity index (χ4n) is 2.14. The summed E-state index contributed by atoms with van der Waals surface area (Å²) in [6, 6.07) is 0.312. The van der Waals surface area contributed by atoms with Gasteiger partial charge in [0, 0.05) is 50.3 Å². The summed E-state index contributed by atoms with van der Waals surface area (Å²) in [5, 5.41) is 6.06. The number of hydrogen-bond donors (Lipinski definition) is 1. The van der Waals surface area contributed by atoms with Crippen molar-refractivity contribution < 1.29 is 8.42 Å². The van der Waals surface area contributed by atoms with Crippen molar-refractivity contribution in [3.05, 3.63) is 11.6 Å². The number of nitrogens with one attached hydrogen (secondary N) is 1. The SMILES string of the molecule is CC(C)NCCS(=O)(=O)N1CCN(c2nccs2)CC1. The maximum atomic E-state index is 12.2.